The number of piperazine rings is 1. The standard InChI is InChI=1S/C19H22N2O/c1-16(18-5-3-2-4-6-18)20-11-13-21(14-12-20)19-9-7-17(15-22)8-10-19/h2-10,15-16H,11-14H2,1H3/t16-/m0/s1. The van der Waals surface area contributed by atoms with Crippen molar-refractivity contribution in [3.63, 3.8) is 0 Å². The van der Waals surface area contributed by atoms with Gasteiger partial charge in [-0.05, 0) is 36.8 Å². The van der Waals surface area contributed by atoms with Gasteiger partial charge in [0, 0.05) is 43.5 Å². The maximum absolute atomic E-state index is 10.7. The highest BCUT2D eigenvalue weighted by Gasteiger charge is 2.21. The van der Waals surface area contributed by atoms with Crippen LogP contribution in [0.5, 0.6) is 0 Å². The van der Waals surface area contributed by atoms with Crippen LogP contribution in [0.15, 0.2) is 54.6 Å². The van der Waals surface area contributed by atoms with Gasteiger partial charge in [-0.1, -0.05) is 30.3 Å². The van der Waals surface area contributed by atoms with Crippen LogP contribution in [0.1, 0.15) is 28.9 Å². The van der Waals surface area contributed by atoms with Crippen LogP contribution in [0.2, 0.25) is 0 Å². The predicted octanol–water partition coefficient (Wildman–Crippen LogP) is 3.38. The SMILES string of the molecule is C[C@@H](c1ccccc1)N1CCN(c2ccc(C=O)cc2)CC1. The molecule has 1 aliphatic heterocycles. The van der Waals surface area contributed by atoms with Gasteiger partial charge in [0.2, 0.25) is 0 Å². The van der Waals surface area contributed by atoms with Gasteiger partial charge in [-0.25, -0.2) is 0 Å². The molecule has 1 fully saturated rings. The Morgan fingerprint density at radius 1 is 0.909 bits per heavy atom. The lowest BCUT2D eigenvalue weighted by Crippen LogP contribution is -2.47. The summed E-state index contributed by atoms with van der Waals surface area (Å²) in [6, 6.07) is 19.0. The molecule has 2 aromatic rings. The second kappa shape index (κ2) is 6.75. The zero-order chi connectivity index (χ0) is 15.4. The van der Waals surface area contributed by atoms with Crippen molar-refractivity contribution < 1.29 is 4.79 Å². The fourth-order valence-corrected chi connectivity index (χ4v) is 3.07. The number of aldehydes is 1. The number of benzene rings is 2. The number of carbonyl (C=O) groups is 1. The molecule has 0 amide bonds. The Hall–Kier alpha value is -2.13. The third-order valence-corrected chi connectivity index (χ3v) is 4.54. The summed E-state index contributed by atoms with van der Waals surface area (Å²) in [6.45, 7) is 6.45. The number of hydrogen-bond donors (Lipinski definition) is 0. The van der Waals surface area contributed by atoms with Crippen molar-refractivity contribution in [1.82, 2.24) is 4.90 Å². The highest BCUT2D eigenvalue weighted by Crippen LogP contribution is 2.23. The van der Waals surface area contributed by atoms with Crippen LogP contribution >= 0.6 is 0 Å². The summed E-state index contributed by atoms with van der Waals surface area (Å²) < 4.78 is 0. The smallest absolute Gasteiger partial charge is 0.150 e. The number of hydrogen-bond acceptors (Lipinski definition) is 3. The van der Waals surface area contributed by atoms with E-state index in [4.69, 9.17) is 0 Å². The van der Waals surface area contributed by atoms with E-state index in [0.29, 0.717) is 6.04 Å². The molecule has 1 heterocycles. The van der Waals surface area contributed by atoms with Crippen LogP contribution in [-0.4, -0.2) is 37.4 Å². The van der Waals surface area contributed by atoms with Crippen molar-refractivity contribution in [3.05, 3.63) is 65.7 Å². The summed E-state index contributed by atoms with van der Waals surface area (Å²) in [5.74, 6) is 0. The molecule has 0 N–H and O–H groups in total. The molecule has 22 heavy (non-hydrogen) atoms. The predicted molar refractivity (Wildman–Crippen MR) is 90.5 cm³/mol. The Morgan fingerprint density at radius 3 is 2.14 bits per heavy atom. The van der Waals surface area contributed by atoms with Crippen LogP contribution < -0.4 is 4.90 Å². The lowest BCUT2D eigenvalue weighted by atomic mass is 10.1. The first kappa shape index (κ1) is 14.8. The molecule has 0 bridgehead atoms. The first-order valence-electron chi connectivity index (χ1n) is 7.87. The summed E-state index contributed by atoms with van der Waals surface area (Å²) in [5.41, 5.74) is 3.32. The fraction of sp³-hybridized carbons (Fsp3) is 0.316. The Bertz CT molecular complexity index is 601. The van der Waals surface area contributed by atoms with Gasteiger partial charge in [-0.3, -0.25) is 9.69 Å². The zero-order valence-corrected chi connectivity index (χ0v) is 13.0. The first-order chi connectivity index (χ1) is 10.8. The van der Waals surface area contributed by atoms with Crippen molar-refractivity contribution >= 4 is 12.0 Å². The summed E-state index contributed by atoms with van der Waals surface area (Å²) >= 11 is 0. The molecule has 0 radical (unpaired) electrons. The second-order valence-electron chi connectivity index (χ2n) is 5.82. The zero-order valence-electron chi connectivity index (χ0n) is 13.0. The molecule has 3 rings (SSSR count). The van der Waals surface area contributed by atoms with Crippen LogP contribution in [0.4, 0.5) is 5.69 Å². The van der Waals surface area contributed by atoms with Gasteiger partial charge < -0.3 is 4.90 Å². The second-order valence-corrected chi connectivity index (χ2v) is 5.82. The van der Waals surface area contributed by atoms with E-state index in [1.807, 2.05) is 24.3 Å². The van der Waals surface area contributed by atoms with Crippen molar-refractivity contribution in [2.24, 2.45) is 0 Å². The number of rotatable bonds is 4. The van der Waals surface area contributed by atoms with Crippen LogP contribution in [0, 0.1) is 0 Å². The van der Waals surface area contributed by atoms with Gasteiger partial charge in [0.05, 0.1) is 0 Å². The van der Waals surface area contributed by atoms with Crippen molar-refractivity contribution in [3.8, 4) is 0 Å². The minimum atomic E-state index is 0.459. The molecule has 114 valence electrons. The third kappa shape index (κ3) is 3.20. The van der Waals surface area contributed by atoms with E-state index in [9.17, 15) is 4.79 Å². The fourth-order valence-electron chi connectivity index (χ4n) is 3.07. The van der Waals surface area contributed by atoms with E-state index in [0.717, 1.165) is 38.0 Å². The molecule has 2 aromatic carbocycles. The lowest BCUT2D eigenvalue weighted by Gasteiger charge is -2.39. The summed E-state index contributed by atoms with van der Waals surface area (Å²) in [5, 5.41) is 0. The van der Waals surface area contributed by atoms with E-state index in [2.05, 4.69) is 47.1 Å². The Morgan fingerprint density at radius 2 is 1.55 bits per heavy atom. The summed E-state index contributed by atoms with van der Waals surface area (Å²) in [7, 11) is 0. The minimum Gasteiger partial charge on any atom is -0.369 e. The number of carbonyl (C=O) groups excluding carboxylic acids is 1. The molecule has 0 saturated carbocycles. The molecule has 0 spiro atoms. The average Bonchev–Trinajstić information content (AvgIpc) is 2.62. The molecular formula is C19H22N2O. The Labute approximate surface area is 132 Å². The van der Waals surface area contributed by atoms with Gasteiger partial charge >= 0.3 is 0 Å². The molecule has 1 atom stereocenters. The van der Waals surface area contributed by atoms with Crippen LogP contribution in [0.25, 0.3) is 0 Å². The van der Waals surface area contributed by atoms with Crippen molar-refractivity contribution in [1.29, 1.82) is 0 Å². The summed E-state index contributed by atoms with van der Waals surface area (Å²) in [6.07, 6.45) is 0.892. The maximum atomic E-state index is 10.7. The van der Waals surface area contributed by atoms with Gasteiger partial charge in [-0.2, -0.15) is 0 Å². The maximum Gasteiger partial charge on any atom is 0.150 e. The molecular weight excluding hydrogens is 272 g/mol. The highest BCUT2D eigenvalue weighted by molar-refractivity contribution is 5.75. The number of anilines is 1. The highest BCUT2D eigenvalue weighted by atomic mass is 16.1. The largest absolute Gasteiger partial charge is 0.369 e. The lowest BCUT2D eigenvalue weighted by molar-refractivity contribution is 0.112. The number of nitrogens with zero attached hydrogens (tertiary/aromatic N) is 2. The van der Waals surface area contributed by atoms with E-state index in [-0.39, 0.29) is 0 Å². The van der Waals surface area contributed by atoms with Gasteiger partial charge in [0.15, 0.2) is 0 Å². The Balaban J connectivity index is 1.61. The van der Waals surface area contributed by atoms with E-state index in [1.54, 1.807) is 0 Å². The van der Waals surface area contributed by atoms with Crippen LogP contribution in [-0.2, 0) is 0 Å². The molecule has 0 unspecified atom stereocenters. The molecule has 3 nitrogen and oxygen atoms in total. The summed E-state index contributed by atoms with van der Waals surface area (Å²) in [4.78, 5) is 15.7. The normalized spacial score (nSPS) is 17.2. The van der Waals surface area contributed by atoms with Gasteiger partial charge in [-0.15, -0.1) is 0 Å². The van der Waals surface area contributed by atoms with Crippen molar-refractivity contribution in [2.75, 3.05) is 31.1 Å². The van der Waals surface area contributed by atoms with Crippen molar-refractivity contribution in [2.45, 2.75) is 13.0 Å². The molecule has 1 aliphatic rings. The monoisotopic (exact) mass is 294 g/mol. The molecule has 1 saturated heterocycles. The van der Waals surface area contributed by atoms with Crippen LogP contribution in [0.3, 0.4) is 0 Å². The average molecular weight is 294 g/mol. The topological polar surface area (TPSA) is 23.6 Å². The molecule has 3 heteroatoms. The van der Waals surface area contributed by atoms with E-state index < -0.39 is 0 Å². The minimum absolute atomic E-state index is 0.459. The van der Waals surface area contributed by atoms with Gasteiger partial charge in [0.1, 0.15) is 6.29 Å². The quantitative estimate of drug-likeness (QED) is 0.808. The molecule has 0 aliphatic carbocycles. The third-order valence-electron chi connectivity index (χ3n) is 4.54. The molecule has 0 aromatic heterocycles. The Kier molecular flexibility index (Phi) is 4.54. The first-order valence-corrected chi connectivity index (χ1v) is 7.87. The van der Waals surface area contributed by atoms with E-state index >= 15 is 0 Å². The van der Waals surface area contributed by atoms with Gasteiger partial charge in [0.25, 0.3) is 0 Å². The van der Waals surface area contributed by atoms with E-state index in [1.165, 1.54) is 11.3 Å².